The van der Waals surface area contributed by atoms with Crippen molar-refractivity contribution in [3.05, 3.63) is 94.7 Å². The molecule has 152 valence electrons. The molecule has 0 fully saturated rings. The van der Waals surface area contributed by atoms with Crippen LogP contribution in [0.15, 0.2) is 71.9 Å². The highest BCUT2D eigenvalue weighted by Gasteiger charge is 2.07. The van der Waals surface area contributed by atoms with Crippen LogP contribution in [0.4, 0.5) is 0 Å². The van der Waals surface area contributed by atoms with Crippen LogP contribution in [0.1, 0.15) is 41.7 Å². The molecule has 0 bridgehead atoms. The van der Waals surface area contributed by atoms with Gasteiger partial charge >= 0.3 is 0 Å². The molecule has 1 aromatic heterocycles. The highest BCUT2D eigenvalue weighted by Crippen LogP contribution is 2.27. The molecule has 30 heavy (non-hydrogen) atoms. The summed E-state index contributed by atoms with van der Waals surface area (Å²) in [6.45, 7) is 9.47. The maximum absolute atomic E-state index is 4.86. The molecule has 0 amide bonds. The Kier molecular flexibility index (Phi) is 5.85. The van der Waals surface area contributed by atoms with Crippen LogP contribution in [0.25, 0.3) is 22.0 Å². The van der Waals surface area contributed by atoms with Gasteiger partial charge in [-0.3, -0.25) is 4.99 Å². The lowest BCUT2D eigenvalue weighted by atomic mass is 9.95. The van der Waals surface area contributed by atoms with Crippen LogP contribution in [0.5, 0.6) is 0 Å². The molecule has 3 aromatic carbocycles. The van der Waals surface area contributed by atoms with Crippen LogP contribution >= 0.6 is 0 Å². The SMILES string of the molecule is CCc1ccc2[nH]cc(CCN=C(C)c3ccc(-c4c(C)cccc4C)cc3)c2c1. The Morgan fingerprint density at radius 3 is 2.37 bits per heavy atom. The second-order valence-electron chi connectivity index (χ2n) is 8.11. The van der Waals surface area contributed by atoms with Gasteiger partial charge in [-0.05, 0) is 84.7 Å². The molecule has 0 saturated heterocycles. The third kappa shape index (κ3) is 4.09. The lowest BCUT2D eigenvalue weighted by molar-refractivity contribution is 0.974. The van der Waals surface area contributed by atoms with E-state index in [0.717, 1.165) is 25.1 Å². The first-order valence-electron chi connectivity index (χ1n) is 10.8. The Hall–Kier alpha value is -3.13. The summed E-state index contributed by atoms with van der Waals surface area (Å²) in [6, 6.07) is 22.0. The summed E-state index contributed by atoms with van der Waals surface area (Å²) < 4.78 is 0. The van der Waals surface area contributed by atoms with Gasteiger partial charge in [-0.15, -0.1) is 0 Å². The third-order valence-electron chi connectivity index (χ3n) is 6.04. The first-order valence-corrected chi connectivity index (χ1v) is 10.8. The van der Waals surface area contributed by atoms with E-state index < -0.39 is 0 Å². The number of aromatic nitrogens is 1. The predicted octanol–water partition coefficient (Wildman–Crippen LogP) is 7.07. The summed E-state index contributed by atoms with van der Waals surface area (Å²) >= 11 is 0. The van der Waals surface area contributed by atoms with E-state index >= 15 is 0 Å². The van der Waals surface area contributed by atoms with Crippen LogP contribution in [0, 0.1) is 13.8 Å². The van der Waals surface area contributed by atoms with Crippen molar-refractivity contribution in [2.24, 2.45) is 4.99 Å². The van der Waals surface area contributed by atoms with Crippen LogP contribution in [0.3, 0.4) is 0 Å². The number of hydrogen-bond acceptors (Lipinski definition) is 1. The predicted molar refractivity (Wildman–Crippen MR) is 130 cm³/mol. The van der Waals surface area contributed by atoms with Gasteiger partial charge in [-0.2, -0.15) is 0 Å². The zero-order chi connectivity index (χ0) is 21.1. The number of nitrogens with zero attached hydrogens (tertiary/aromatic N) is 1. The van der Waals surface area contributed by atoms with Gasteiger partial charge in [0.2, 0.25) is 0 Å². The van der Waals surface area contributed by atoms with Crippen molar-refractivity contribution in [2.45, 2.75) is 40.5 Å². The molecule has 0 aliphatic rings. The van der Waals surface area contributed by atoms with Gasteiger partial charge in [0.15, 0.2) is 0 Å². The summed E-state index contributed by atoms with van der Waals surface area (Å²) in [5.41, 5.74) is 11.5. The van der Waals surface area contributed by atoms with Crippen LogP contribution < -0.4 is 0 Å². The lowest BCUT2D eigenvalue weighted by Crippen LogP contribution is -1.98. The van der Waals surface area contributed by atoms with Crippen molar-refractivity contribution in [3.63, 3.8) is 0 Å². The van der Waals surface area contributed by atoms with Gasteiger partial charge in [-0.1, -0.05) is 55.5 Å². The molecule has 1 heterocycles. The zero-order valence-electron chi connectivity index (χ0n) is 18.4. The van der Waals surface area contributed by atoms with E-state index in [-0.39, 0.29) is 0 Å². The second-order valence-corrected chi connectivity index (χ2v) is 8.11. The first-order chi connectivity index (χ1) is 14.6. The van der Waals surface area contributed by atoms with Crippen molar-refractivity contribution in [3.8, 4) is 11.1 Å². The van der Waals surface area contributed by atoms with E-state index in [1.165, 1.54) is 49.8 Å². The fraction of sp³-hybridized carbons (Fsp3) is 0.250. The van der Waals surface area contributed by atoms with Crippen LogP contribution in [0.2, 0.25) is 0 Å². The fourth-order valence-corrected chi connectivity index (χ4v) is 4.24. The van der Waals surface area contributed by atoms with Crippen LogP contribution in [-0.2, 0) is 12.8 Å². The Balaban J connectivity index is 1.48. The molecule has 0 aliphatic heterocycles. The molecular formula is C28H30N2. The number of aliphatic imine (C=N–C) groups is 1. The molecule has 0 radical (unpaired) electrons. The van der Waals surface area contributed by atoms with E-state index in [9.17, 15) is 0 Å². The molecule has 0 spiro atoms. The standard InChI is InChI=1S/C28H30N2/c1-5-22-9-14-27-26(17-22)25(18-30-27)15-16-29-21(4)23-10-12-24(13-11-23)28-19(2)7-6-8-20(28)3/h6-14,17-18,30H,5,15-16H2,1-4H3. The maximum atomic E-state index is 4.86. The van der Waals surface area contributed by atoms with Crippen molar-refractivity contribution >= 4 is 16.6 Å². The van der Waals surface area contributed by atoms with Crippen LogP contribution in [-0.4, -0.2) is 17.2 Å². The third-order valence-corrected chi connectivity index (χ3v) is 6.04. The quantitative estimate of drug-likeness (QED) is 0.339. The number of nitrogens with one attached hydrogen (secondary N) is 1. The molecule has 2 heteroatoms. The summed E-state index contributed by atoms with van der Waals surface area (Å²) in [7, 11) is 0. The van der Waals surface area contributed by atoms with Crippen molar-refractivity contribution in [1.29, 1.82) is 0 Å². The minimum Gasteiger partial charge on any atom is -0.361 e. The van der Waals surface area contributed by atoms with Gasteiger partial charge in [0.05, 0.1) is 0 Å². The molecule has 4 rings (SSSR count). The van der Waals surface area contributed by atoms with Gasteiger partial charge < -0.3 is 4.98 Å². The van der Waals surface area contributed by atoms with Gasteiger partial charge in [0.25, 0.3) is 0 Å². The van der Waals surface area contributed by atoms with E-state index in [1.807, 2.05) is 0 Å². The largest absolute Gasteiger partial charge is 0.361 e. The molecule has 0 aliphatic carbocycles. The number of aryl methyl sites for hydroxylation is 3. The summed E-state index contributed by atoms with van der Waals surface area (Å²) in [5, 5.41) is 1.33. The average Bonchev–Trinajstić information content (AvgIpc) is 3.16. The summed E-state index contributed by atoms with van der Waals surface area (Å²) in [4.78, 5) is 8.25. The summed E-state index contributed by atoms with van der Waals surface area (Å²) in [6.07, 6.45) is 4.15. The lowest BCUT2D eigenvalue weighted by Gasteiger charge is -2.11. The molecular weight excluding hydrogens is 364 g/mol. The smallest absolute Gasteiger partial charge is 0.0456 e. The molecule has 1 N–H and O–H groups in total. The number of hydrogen-bond donors (Lipinski definition) is 1. The number of H-pyrrole nitrogens is 1. The van der Waals surface area contributed by atoms with Gasteiger partial charge in [0, 0.05) is 29.4 Å². The Bertz CT molecular complexity index is 1170. The Morgan fingerprint density at radius 1 is 0.933 bits per heavy atom. The maximum Gasteiger partial charge on any atom is 0.0456 e. The van der Waals surface area contributed by atoms with E-state index in [1.54, 1.807) is 0 Å². The van der Waals surface area contributed by atoms with Crippen molar-refractivity contribution in [2.75, 3.05) is 6.54 Å². The highest BCUT2D eigenvalue weighted by molar-refractivity contribution is 5.99. The van der Waals surface area contributed by atoms with E-state index in [2.05, 4.69) is 99.5 Å². The number of benzene rings is 3. The number of rotatable bonds is 6. The van der Waals surface area contributed by atoms with Gasteiger partial charge in [0.1, 0.15) is 0 Å². The summed E-state index contributed by atoms with van der Waals surface area (Å²) in [5.74, 6) is 0. The minimum atomic E-state index is 0.799. The first kappa shape index (κ1) is 20.2. The van der Waals surface area contributed by atoms with Crippen molar-refractivity contribution < 1.29 is 0 Å². The minimum absolute atomic E-state index is 0.799. The Labute approximate surface area is 179 Å². The molecule has 4 aromatic rings. The second kappa shape index (κ2) is 8.71. The number of fused-ring (bicyclic) bond motifs is 1. The molecule has 0 unspecified atom stereocenters. The molecule has 2 nitrogen and oxygen atoms in total. The highest BCUT2D eigenvalue weighted by atomic mass is 14.7. The van der Waals surface area contributed by atoms with Crippen molar-refractivity contribution in [1.82, 2.24) is 4.98 Å². The van der Waals surface area contributed by atoms with E-state index in [4.69, 9.17) is 4.99 Å². The average molecular weight is 395 g/mol. The van der Waals surface area contributed by atoms with Gasteiger partial charge in [-0.25, -0.2) is 0 Å². The normalized spacial score (nSPS) is 11.9. The monoisotopic (exact) mass is 394 g/mol. The molecule has 0 saturated carbocycles. The Morgan fingerprint density at radius 2 is 1.67 bits per heavy atom. The number of aromatic amines is 1. The fourth-order valence-electron chi connectivity index (χ4n) is 4.24. The zero-order valence-corrected chi connectivity index (χ0v) is 18.4. The topological polar surface area (TPSA) is 28.1 Å². The van der Waals surface area contributed by atoms with E-state index in [0.29, 0.717) is 0 Å². The molecule has 0 atom stereocenters.